The third-order valence-corrected chi connectivity index (χ3v) is 5.31. The van der Waals surface area contributed by atoms with Gasteiger partial charge in [0.25, 0.3) is 0 Å². The number of rotatable bonds is 2. The van der Waals surface area contributed by atoms with Crippen LogP contribution in [0.5, 0.6) is 0 Å². The number of nitrogens with zero attached hydrogens (tertiary/aromatic N) is 3. The lowest BCUT2D eigenvalue weighted by Crippen LogP contribution is -2.46. The largest absolute Gasteiger partial charge is 0.365 e. The summed E-state index contributed by atoms with van der Waals surface area (Å²) in [5.74, 6) is 2.32. The first-order valence-electron chi connectivity index (χ1n) is 8.73. The Balaban J connectivity index is 1.41. The number of hydrogen-bond acceptors (Lipinski definition) is 4. The molecule has 0 spiro atoms. The van der Waals surface area contributed by atoms with Crippen molar-refractivity contribution in [2.75, 3.05) is 13.1 Å². The second-order valence-electron chi connectivity index (χ2n) is 6.95. The number of carbonyl (C=O) groups excluding carboxylic acids is 1. The van der Waals surface area contributed by atoms with Gasteiger partial charge in [-0.2, -0.15) is 5.10 Å². The first-order chi connectivity index (χ1) is 11.2. The van der Waals surface area contributed by atoms with E-state index in [0.29, 0.717) is 12.5 Å². The topological polar surface area (TPSA) is 71.1 Å². The predicted molar refractivity (Wildman–Crippen MR) is 84.6 cm³/mol. The quantitative estimate of drug-likeness (QED) is 0.909. The molecule has 2 aliphatic heterocycles. The molecule has 6 nitrogen and oxygen atoms in total. The Bertz CT molecular complexity index is 624. The number of fused-ring (bicyclic) bond motifs is 1. The minimum atomic E-state index is -0.0288. The van der Waals surface area contributed by atoms with Crippen molar-refractivity contribution in [3.8, 4) is 0 Å². The number of ether oxygens (including phenoxy) is 1. The van der Waals surface area contributed by atoms with Crippen molar-refractivity contribution in [3.05, 3.63) is 23.3 Å². The number of amides is 1. The molecule has 1 amide bonds. The molecule has 124 valence electrons. The fourth-order valence-corrected chi connectivity index (χ4v) is 4.02. The predicted octanol–water partition coefficient (Wildman–Crippen LogP) is 2.29. The summed E-state index contributed by atoms with van der Waals surface area (Å²) in [5.41, 5.74) is 1.01. The Kier molecular flexibility index (Phi) is 3.93. The summed E-state index contributed by atoms with van der Waals surface area (Å²) in [6.45, 7) is 3.46. The van der Waals surface area contributed by atoms with Crippen molar-refractivity contribution in [2.24, 2.45) is 5.92 Å². The van der Waals surface area contributed by atoms with Crippen LogP contribution >= 0.6 is 0 Å². The number of aromatic amines is 1. The maximum atomic E-state index is 12.7. The molecule has 3 atom stereocenters. The molecule has 1 aliphatic carbocycles. The van der Waals surface area contributed by atoms with Crippen LogP contribution in [0, 0.1) is 12.8 Å². The van der Waals surface area contributed by atoms with Crippen LogP contribution in [0.1, 0.15) is 56.3 Å². The summed E-state index contributed by atoms with van der Waals surface area (Å²) >= 11 is 0. The van der Waals surface area contributed by atoms with Gasteiger partial charge in [-0.15, -0.1) is 0 Å². The van der Waals surface area contributed by atoms with E-state index in [2.05, 4.69) is 21.3 Å². The lowest BCUT2D eigenvalue weighted by atomic mass is 9.90. The van der Waals surface area contributed by atoms with Crippen LogP contribution in [-0.2, 0) is 9.53 Å². The van der Waals surface area contributed by atoms with Gasteiger partial charge in [0, 0.05) is 18.7 Å². The second-order valence-corrected chi connectivity index (χ2v) is 6.95. The van der Waals surface area contributed by atoms with Gasteiger partial charge in [0.2, 0.25) is 5.91 Å². The molecule has 0 bridgehead atoms. The summed E-state index contributed by atoms with van der Waals surface area (Å²) in [5, 5.41) is 7.12. The van der Waals surface area contributed by atoms with Crippen molar-refractivity contribution in [2.45, 2.75) is 57.7 Å². The zero-order chi connectivity index (χ0) is 15.8. The van der Waals surface area contributed by atoms with Crippen LogP contribution in [0.3, 0.4) is 0 Å². The molecular weight excluding hydrogens is 292 g/mol. The van der Waals surface area contributed by atoms with Crippen LogP contribution in [0.25, 0.3) is 0 Å². The number of nitrogens with one attached hydrogen (secondary N) is 1. The van der Waals surface area contributed by atoms with E-state index >= 15 is 0 Å². The van der Waals surface area contributed by atoms with Gasteiger partial charge >= 0.3 is 0 Å². The average molecular weight is 316 g/mol. The molecule has 0 unspecified atom stereocenters. The number of carbonyl (C=O) groups is 1. The first kappa shape index (κ1) is 14.9. The fourth-order valence-electron chi connectivity index (χ4n) is 4.02. The number of hydrogen-bond donors (Lipinski definition) is 1. The number of H-pyrrole nitrogens is 1. The molecule has 0 saturated carbocycles. The second kappa shape index (κ2) is 6.07. The summed E-state index contributed by atoms with van der Waals surface area (Å²) < 4.78 is 6.17. The Morgan fingerprint density at radius 2 is 2.35 bits per heavy atom. The molecule has 23 heavy (non-hydrogen) atoms. The minimum Gasteiger partial charge on any atom is -0.365 e. The Labute approximate surface area is 136 Å². The summed E-state index contributed by atoms with van der Waals surface area (Å²) in [4.78, 5) is 19.1. The van der Waals surface area contributed by atoms with Crippen LogP contribution < -0.4 is 0 Å². The van der Waals surface area contributed by atoms with Gasteiger partial charge < -0.3 is 9.64 Å². The van der Waals surface area contributed by atoms with Gasteiger partial charge in [-0.25, -0.2) is 4.98 Å². The summed E-state index contributed by atoms with van der Waals surface area (Å²) in [6.07, 6.45) is 8.54. The molecule has 3 aliphatic rings. The van der Waals surface area contributed by atoms with Crippen molar-refractivity contribution >= 4 is 5.91 Å². The number of likely N-dealkylation sites (tertiary alicyclic amines) is 1. The lowest BCUT2D eigenvalue weighted by Gasteiger charge is -2.35. The molecule has 0 aromatic carbocycles. The highest BCUT2D eigenvalue weighted by Gasteiger charge is 2.42. The van der Waals surface area contributed by atoms with Crippen LogP contribution in [-0.4, -0.2) is 45.2 Å². The van der Waals surface area contributed by atoms with E-state index in [1.165, 1.54) is 6.42 Å². The maximum absolute atomic E-state index is 12.7. The summed E-state index contributed by atoms with van der Waals surface area (Å²) in [6, 6.07) is 0. The molecular formula is C17H24N4O2. The lowest BCUT2D eigenvalue weighted by molar-refractivity contribution is -0.131. The zero-order valence-corrected chi connectivity index (χ0v) is 13.6. The van der Waals surface area contributed by atoms with Crippen LogP contribution in [0.2, 0.25) is 0 Å². The van der Waals surface area contributed by atoms with E-state index in [9.17, 15) is 4.79 Å². The standard InChI is InChI=1S/C17H24N4O2/c1-11-18-16(20-19-11)14-9-13-7-8-21(10-15(13)23-14)17(22)12-5-3-2-4-6-12/h5,13-15H,2-4,6-10H2,1H3,(H,18,19,20)/t13-,14+,15+/m1/s1. The molecule has 4 rings (SSSR count). The van der Waals surface area contributed by atoms with Crippen molar-refractivity contribution < 1.29 is 9.53 Å². The summed E-state index contributed by atoms with van der Waals surface area (Å²) in [7, 11) is 0. The van der Waals surface area contributed by atoms with Gasteiger partial charge in [-0.05, 0) is 51.4 Å². The maximum Gasteiger partial charge on any atom is 0.249 e. The van der Waals surface area contributed by atoms with Gasteiger partial charge in [0.15, 0.2) is 5.82 Å². The Hall–Kier alpha value is -1.69. The smallest absolute Gasteiger partial charge is 0.249 e. The number of allylic oxidation sites excluding steroid dienone is 1. The number of aromatic nitrogens is 3. The highest BCUT2D eigenvalue weighted by atomic mass is 16.5. The molecule has 2 fully saturated rings. The average Bonchev–Trinajstić information content (AvgIpc) is 3.20. The van der Waals surface area contributed by atoms with Crippen molar-refractivity contribution in [1.29, 1.82) is 0 Å². The molecule has 0 radical (unpaired) electrons. The van der Waals surface area contributed by atoms with E-state index in [4.69, 9.17) is 4.74 Å². The SMILES string of the molecule is Cc1nc([C@@H]2C[C@H]3CCN(C(=O)C4=CCCCC4)C[C@@H]3O2)n[nH]1. The fraction of sp³-hybridized carbons (Fsp3) is 0.706. The van der Waals surface area contributed by atoms with E-state index in [1.54, 1.807) is 0 Å². The Morgan fingerprint density at radius 3 is 3.09 bits per heavy atom. The molecule has 1 aromatic rings. The van der Waals surface area contributed by atoms with Crippen LogP contribution in [0.4, 0.5) is 0 Å². The van der Waals surface area contributed by atoms with E-state index < -0.39 is 0 Å². The zero-order valence-electron chi connectivity index (χ0n) is 13.6. The van der Waals surface area contributed by atoms with Gasteiger partial charge in [-0.1, -0.05) is 6.08 Å². The first-order valence-corrected chi connectivity index (χ1v) is 8.73. The molecule has 1 aromatic heterocycles. The van der Waals surface area contributed by atoms with Crippen LogP contribution in [0.15, 0.2) is 11.6 Å². The van der Waals surface area contributed by atoms with E-state index in [0.717, 1.165) is 55.9 Å². The molecule has 2 saturated heterocycles. The van der Waals surface area contributed by atoms with Gasteiger partial charge in [-0.3, -0.25) is 9.89 Å². The van der Waals surface area contributed by atoms with Crippen molar-refractivity contribution in [3.63, 3.8) is 0 Å². The molecule has 3 heterocycles. The van der Waals surface area contributed by atoms with Gasteiger partial charge in [0.1, 0.15) is 11.9 Å². The monoisotopic (exact) mass is 316 g/mol. The third kappa shape index (κ3) is 2.92. The van der Waals surface area contributed by atoms with E-state index in [-0.39, 0.29) is 18.1 Å². The number of aryl methyl sites for hydroxylation is 1. The Morgan fingerprint density at radius 1 is 1.43 bits per heavy atom. The molecule has 1 N–H and O–H groups in total. The third-order valence-electron chi connectivity index (χ3n) is 5.31. The van der Waals surface area contributed by atoms with Crippen molar-refractivity contribution in [1.82, 2.24) is 20.1 Å². The highest BCUT2D eigenvalue weighted by molar-refractivity contribution is 5.93. The highest BCUT2D eigenvalue weighted by Crippen LogP contribution is 2.40. The van der Waals surface area contributed by atoms with E-state index in [1.807, 2.05) is 11.8 Å². The number of piperidine rings is 1. The molecule has 6 heteroatoms. The minimum absolute atomic E-state index is 0.0288. The normalized spacial score (nSPS) is 30.9. The van der Waals surface area contributed by atoms with Gasteiger partial charge in [0.05, 0.1) is 6.10 Å².